The normalized spacial score (nSPS) is 54.3. The maximum atomic E-state index is 12.9. The van der Waals surface area contributed by atoms with Crippen molar-refractivity contribution in [2.75, 3.05) is 0 Å². The largest absolute Gasteiger partial charge is 0.458 e. The monoisotopic (exact) mass is 766 g/mol. The van der Waals surface area contributed by atoms with Crippen molar-refractivity contribution in [1.82, 2.24) is 0 Å². The Morgan fingerprint density at radius 2 is 1.36 bits per heavy atom. The van der Waals surface area contributed by atoms with Crippen LogP contribution in [0, 0.1) is 79.8 Å². The summed E-state index contributed by atoms with van der Waals surface area (Å²) in [6.07, 6.45) is 15.7. The van der Waals surface area contributed by atoms with Crippen molar-refractivity contribution >= 4 is 23.5 Å². The predicted octanol–water partition coefficient (Wildman–Crippen LogP) is 5.94. The van der Waals surface area contributed by atoms with E-state index in [0.29, 0.717) is 68.6 Å². The maximum absolute atomic E-state index is 12.9. The molecule has 10 nitrogen and oxygen atoms in total. The fourth-order valence-corrected chi connectivity index (χ4v) is 17.0. The van der Waals surface area contributed by atoms with Gasteiger partial charge in [-0.2, -0.15) is 5.26 Å². The Morgan fingerprint density at radius 1 is 0.750 bits per heavy atom. The third-order valence-electron chi connectivity index (χ3n) is 19.6. The summed E-state index contributed by atoms with van der Waals surface area (Å²) in [5.74, 6) is 1.16. The van der Waals surface area contributed by atoms with Crippen LogP contribution < -0.4 is 5.73 Å². The van der Waals surface area contributed by atoms with Gasteiger partial charge in [-0.3, -0.25) is 19.2 Å². The molecule has 2 spiro atoms. The highest BCUT2D eigenvalue weighted by atomic mass is 16.6. The van der Waals surface area contributed by atoms with Crippen molar-refractivity contribution in [1.29, 1.82) is 5.26 Å². The van der Waals surface area contributed by atoms with Gasteiger partial charge in [0.1, 0.15) is 11.2 Å². The van der Waals surface area contributed by atoms with Gasteiger partial charge in [-0.1, -0.05) is 39.8 Å². The van der Waals surface area contributed by atoms with Crippen molar-refractivity contribution in [3.05, 3.63) is 35.1 Å². The number of nitriles is 1. The lowest BCUT2D eigenvalue weighted by Crippen LogP contribution is -2.64. The van der Waals surface area contributed by atoms with Gasteiger partial charge in [0, 0.05) is 59.6 Å². The van der Waals surface area contributed by atoms with E-state index in [1.807, 2.05) is 0 Å². The predicted molar refractivity (Wildman–Crippen MR) is 202 cm³/mol. The molecule has 0 amide bonds. The number of carbonyl (C=O) groups excluding carboxylic acids is 4. The number of carbonyl (C=O) groups is 4. The summed E-state index contributed by atoms with van der Waals surface area (Å²) in [5, 5.41) is 33.3. The summed E-state index contributed by atoms with van der Waals surface area (Å²) in [4.78, 5) is 48.8. The standard InChI is InChI=1S/C24H30N2O4.C22H28O4/c1-21-6-4-14(27)19-20(26)12(9-23(19,21)11-25)17-13-3-7-24(8-5-16(29)30-24)22(13,2)10-15(28)18(17)21;1-20-8-5-14(23)11-13(20)3-4-15-16-6-9-22(10-7-18(25)26-22)21(16,2)12-17(24)19(15)20/h12-13,15,17-18,28H,3-10,26H2,1-2H3;3-4,11,15-17,19,24H,5-10,12H2,1-2H3/t12?,13?,15?,17?,18?,21-,22+,23?,24?;15?,16?,17?,19?,20-,21-,22+/m10/s1. The number of esters is 2. The molecular weight excluding hydrogens is 709 g/mol. The third kappa shape index (κ3) is 4.20. The number of hydrogen-bond acceptors (Lipinski definition) is 10. The number of allylic oxidation sites excluding steroid dienone is 6. The van der Waals surface area contributed by atoms with E-state index in [9.17, 15) is 34.7 Å². The van der Waals surface area contributed by atoms with Crippen LogP contribution in [0.2, 0.25) is 0 Å². The topological polar surface area (TPSA) is 177 Å². The van der Waals surface area contributed by atoms with Crippen molar-refractivity contribution in [2.24, 2.45) is 74.2 Å². The second-order valence-corrected chi connectivity index (χ2v) is 21.2. The molecule has 4 N–H and O–H groups in total. The molecule has 11 unspecified atom stereocenters. The van der Waals surface area contributed by atoms with Crippen LogP contribution in [-0.4, -0.2) is 57.1 Å². The van der Waals surface area contributed by atoms with Crippen molar-refractivity contribution in [2.45, 2.75) is 147 Å². The first-order valence-corrected chi connectivity index (χ1v) is 21.6. The molecule has 0 aromatic rings. The number of aliphatic hydroxyl groups is 2. The molecule has 300 valence electrons. The highest BCUT2D eigenvalue weighted by Crippen LogP contribution is 2.77. The van der Waals surface area contributed by atoms with Crippen LogP contribution in [0.3, 0.4) is 0 Å². The highest BCUT2D eigenvalue weighted by molar-refractivity contribution is 6.00. The fraction of sp³-hybridized carbons (Fsp3) is 0.761. The van der Waals surface area contributed by atoms with Gasteiger partial charge in [0.15, 0.2) is 11.6 Å². The second-order valence-electron chi connectivity index (χ2n) is 21.2. The van der Waals surface area contributed by atoms with Crippen molar-refractivity contribution < 1.29 is 38.9 Å². The lowest BCUT2D eigenvalue weighted by molar-refractivity contribution is -0.209. The molecule has 8 fully saturated rings. The number of fused-ring (bicyclic) bond motifs is 13. The summed E-state index contributed by atoms with van der Waals surface area (Å²) >= 11 is 0. The second kappa shape index (κ2) is 11.5. The molecule has 6 saturated carbocycles. The minimum absolute atomic E-state index is 0.0255. The molecule has 56 heavy (non-hydrogen) atoms. The van der Waals surface area contributed by atoms with Gasteiger partial charge in [-0.25, -0.2) is 0 Å². The molecule has 2 bridgehead atoms. The van der Waals surface area contributed by atoms with E-state index in [-0.39, 0.29) is 80.9 Å². The van der Waals surface area contributed by atoms with Crippen LogP contribution >= 0.6 is 0 Å². The number of hydrogen-bond donors (Lipinski definition) is 3. The summed E-state index contributed by atoms with van der Waals surface area (Å²) in [5.41, 5.74) is 6.15. The molecule has 0 aromatic carbocycles. The first-order valence-electron chi connectivity index (χ1n) is 21.6. The van der Waals surface area contributed by atoms with E-state index in [0.717, 1.165) is 50.5 Å². The fourth-order valence-electron chi connectivity index (χ4n) is 17.0. The van der Waals surface area contributed by atoms with Crippen LogP contribution in [-0.2, 0) is 28.7 Å². The molecule has 10 heteroatoms. The molecule has 11 aliphatic rings. The first-order chi connectivity index (χ1) is 26.4. The summed E-state index contributed by atoms with van der Waals surface area (Å²) in [7, 11) is 0. The molecule has 2 heterocycles. The lowest BCUT2D eigenvalue weighted by atomic mass is 9.39. The van der Waals surface area contributed by atoms with E-state index < -0.39 is 28.6 Å². The zero-order valence-corrected chi connectivity index (χ0v) is 33.4. The SMILES string of the molecule is C[C@]12CC(O)C3C(C4CC5(C#N)C(=C4N)C(=O)CC[C@]35C)C1CCC21CCC(=O)O1.C[C@]12CCC(=O)C=C1C=CC1C2C(O)C[C@@]2(C)C1CC[C@@]21CCC(=O)O1. The minimum Gasteiger partial charge on any atom is -0.458 e. The molecule has 0 radical (unpaired) electrons. The Labute approximate surface area is 329 Å². The number of aliphatic hydroxyl groups excluding tert-OH is 2. The molecule has 0 aromatic heterocycles. The van der Waals surface area contributed by atoms with E-state index >= 15 is 0 Å². The average Bonchev–Trinajstić information content (AvgIpc) is 3.93. The molecular formula is C46H58N2O8. The summed E-state index contributed by atoms with van der Waals surface area (Å²) in [6, 6.07) is 2.55. The van der Waals surface area contributed by atoms with Gasteiger partial charge in [-0.05, 0) is 123 Å². The minimum atomic E-state index is -0.872. The number of ether oxygens (including phenoxy) is 2. The molecule has 2 saturated heterocycles. The Hall–Kier alpha value is -3.29. The van der Waals surface area contributed by atoms with Crippen molar-refractivity contribution in [3.63, 3.8) is 0 Å². The van der Waals surface area contributed by atoms with Gasteiger partial charge < -0.3 is 25.4 Å². The Morgan fingerprint density at radius 3 is 1.96 bits per heavy atom. The van der Waals surface area contributed by atoms with E-state index in [2.05, 4.69) is 45.9 Å². The van der Waals surface area contributed by atoms with Crippen LogP contribution in [0.5, 0.6) is 0 Å². The van der Waals surface area contributed by atoms with Crippen molar-refractivity contribution in [3.8, 4) is 6.07 Å². The smallest absolute Gasteiger partial charge is 0.306 e. The Kier molecular flexibility index (Phi) is 7.58. The lowest BCUT2D eigenvalue weighted by Gasteiger charge is -2.64. The van der Waals surface area contributed by atoms with Crippen LogP contribution in [0.25, 0.3) is 0 Å². The number of Topliss-reactive ketones (excluding diaryl/α,β-unsaturated/α-hetero) is 1. The summed E-state index contributed by atoms with van der Waals surface area (Å²) < 4.78 is 11.9. The van der Waals surface area contributed by atoms with E-state index in [1.54, 1.807) is 6.08 Å². The van der Waals surface area contributed by atoms with E-state index in [1.165, 1.54) is 0 Å². The van der Waals surface area contributed by atoms with Gasteiger partial charge in [0.2, 0.25) is 0 Å². The quantitative estimate of drug-likeness (QED) is 0.250. The number of ketones is 2. The molecule has 2 aliphatic heterocycles. The van der Waals surface area contributed by atoms with Gasteiger partial charge >= 0.3 is 11.9 Å². The third-order valence-corrected chi connectivity index (χ3v) is 19.6. The number of nitrogens with two attached hydrogens (primary N) is 1. The molecule has 16 atom stereocenters. The molecule has 11 rings (SSSR count). The van der Waals surface area contributed by atoms with Gasteiger partial charge in [0.05, 0.1) is 23.7 Å². The average molecular weight is 767 g/mol. The zero-order valence-electron chi connectivity index (χ0n) is 33.4. The Balaban J connectivity index is 0.000000139. The van der Waals surface area contributed by atoms with Crippen LogP contribution in [0.4, 0.5) is 0 Å². The first kappa shape index (κ1) is 37.0. The summed E-state index contributed by atoms with van der Waals surface area (Å²) in [6.45, 7) is 8.81. The van der Waals surface area contributed by atoms with E-state index in [4.69, 9.17) is 15.2 Å². The number of nitrogens with zero attached hydrogens (tertiary/aromatic N) is 1. The van der Waals surface area contributed by atoms with Crippen LogP contribution in [0.1, 0.15) is 124 Å². The highest BCUT2D eigenvalue weighted by Gasteiger charge is 2.77. The van der Waals surface area contributed by atoms with Crippen LogP contribution in [0.15, 0.2) is 35.1 Å². The zero-order chi connectivity index (χ0) is 39.6. The molecule has 9 aliphatic carbocycles. The maximum Gasteiger partial charge on any atom is 0.306 e. The Bertz CT molecular complexity index is 2000. The van der Waals surface area contributed by atoms with Gasteiger partial charge in [0.25, 0.3) is 0 Å². The van der Waals surface area contributed by atoms with Gasteiger partial charge in [-0.15, -0.1) is 0 Å². The number of rotatable bonds is 0.